The zero-order valence-corrected chi connectivity index (χ0v) is 9.73. The second-order valence-corrected chi connectivity index (χ2v) is 40.9. The van der Waals surface area contributed by atoms with Gasteiger partial charge in [0.1, 0.15) is 0 Å². The standard InChI is InChI=1S/I3Se/c1-4(2)3. The average Bonchev–Trinajstić information content (AvgIpc) is 0.811. The molecular formula is I3Se. The Balaban J connectivity index is 2.32. The Hall–Kier alpha value is 2.71. The minimum atomic E-state index is -0.132. The van der Waals surface area contributed by atoms with E-state index in [1.807, 2.05) is 0 Å². The Bertz CT molecular complexity index is 8.00. The molecule has 0 rings (SSSR count). The van der Waals surface area contributed by atoms with Crippen molar-refractivity contribution in [3.8, 4) is 0 Å². The van der Waals surface area contributed by atoms with E-state index in [0.717, 1.165) is 0 Å². The summed E-state index contributed by atoms with van der Waals surface area (Å²) in [5.41, 5.74) is 0. The van der Waals surface area contributed by atoms with Crippen molar-refractivity contribution in [2.24, 2.45) is 0 Å². The van der Waals surface area contributed by atoms with Crippen LogP contribution >= 0.6 is 61.0 Å². The molecule has 1 radical (unpaired) electrons. The van der Waals surface area contributed by atoms with E-state index in [1.165, 1.54) is 0 Å². The molecule has 0 spiro atoms. The molecule has 27 valence electrons. The van der Waals surface area contributed by atoms with E-state index in [2.05, 4.69) is 61.0 Å². The topological polar surface area (TPSA) is 0 Å². The molecule has 0 atom stereocenters. The predicted octanol–water partition coefficient (Wildman–Crippen LogP) is 2.28. The van der Waals surface area contributed by atoms with Gasteiger partial charge in [-0.15, -0.1) is 0 Å². The second kappa shape index (κ2) is 3.88. The average molecular weight is 460 g/mol. The Morgan fingerprint density at radius 1 is 1.00 bits per heavy atom. The van der Waals surface area contributed by atoms with Gasteiger partial charge in [-0.05, 0) is 0 Å². The molecular weight excluding hydrogens is 460 g/mol. The summed E-state index contributed by atoms with van der Waals surface area (Å²) in [6.45, 7) is 0. The van der Waals surface area contributed by atoms with Crippen molar-refractivity contribution in [1.82, 2.24) is 0 Å². The first kappa shape index (κ1) is 6.71. The van der Waals surface area contributed by atoms with Crippen molar-refractivity contribution in [2.75, 3.05) is 0 Å². The van der Waals surface area contributed by atoms with Crippen LogP contribution in [0, 0.1) is 0 Å². The Morgan fingerprint density at radius 3 is 1.00 bits per heavy atom. The van der Waals surface area contributed by atoms with Gasteiger partial charge in [-0.1, -0.05) is 0 Å². The third kappa shape index (κ3) is 8.83. The zero-order valence-electron chi connectivity index (χ0n) is 1.54. The first-order valence-corrected chi connectivity index (χ1v) is 16.1. The predicted molar refractivity (Wildman–Crippen MR) is 47.8 cm³/mol. The number of hydrogen-bond donors (Lipinski definition) is 0. The van der Waals surface area contributed by atoms with Crippen LogP contribution in [0.3, 0.4) is 0 Å². The second-order valence-electron chi connectivity index (χ2n) is 0.175. The van der Waals surface area contributed by atoms with E-state index in [0.29, 0.717) is 0 Å². The molecule has 0 heterocycles. The summed E-state index contributed by atoms with van der Waals surface area (Å²) in [4.78, 5) is 0. The van der Waals surface area contributed by atoms with Gasteiger partial charge in [-0.25, -0.2) is 0 Å². The molecule has 0 saturated heterocycles. The summed E-state index contributed by atoms with van der Waals surface area (Å²) in [6.07, 6.45) is 0. The van der Waals surface area contributed by atoms with E-state index >= 15 is 0 Å². The summed E-state index contributed by atoms with van der Waals surface area (Å²) in [7, 11) is 0. The molecule has 0 fully saturated rings. The summed E-state index contributed by atoms with van der Waals surface area (Å²) in [6, 6.07) is 0. The molecule has 0 nitrogen and oxygen atoms in total. The molecule has 0 unspecified atom stereocenters. The molecule has 4 heteroatoms. The Labute approximate surface area is 63.6 Å². The molecule has 0 saturated carbocycles. The van der Waals surface area contributed by atoms with Gasteiger partial charge in [-0.2, -0.15) is 0 Å². The molecule has 0 aromatic heterocycles. The van der Waals surface area contributed by atoms with Crippen molar-refractivity contribution in [3.63, 3.8) is 0 Å². The van der Waals surface area contributed by atoms with Crippen LogP contribution in [0.25, 0.3) is 0 Å². The number of hydrogen-bond acceptors (Lipinski definition) is 0. The van der Waals surface area contributed by atoms with Gasteiger partial charge >= 0.3 is 65.2 Å². The Kier molecular flexibility index (Phi) is 6.52. The first-order valence-electron chi connectivity index (χ1n) is 0.463. The summed E-state index contributed by atoms with van der Waals surface area (Å²) in [5.74, 6) is 0. The van der Waals surface area contributed by atoms with Crippen molar-refractivity contribution < 1.29 is 0 Å². The van der Waals surface area contributed by atoms with Gasteiger partial charge in [0.25, 0.3) is 0 Å². The van der Waals surface area contributed by atoms with Crippen LogP contribution in [-0.2, 0) is 0 Å². The quantitative estimate of drug-likeness (QED) is 0.385. The number of rotatable bonds is 0. The molecule has 0 aromatic rings. The fraction of sp³-hybridized carbons (Fsp3) is 0. The van der Waals surface area contributed by atoms with Crippen LogP contribution in [-0.4, -0.2) is 4.15 Å². The maximum atomic E-state index is 2.44. The molecule has 0 aromatic carbocycles. The molecule has 0 aliphatic heterocycles. The summed E-state index contributed by atoms with van der Waals surface area (Å²) in [5, 5.41) is 0. The zero-order chi connectivity index (χ0) is 3.58. The van der Waals surface area contributed by atoms with Crippen LogP contribution < -0.4 is 0 Å². The first-order chi connectivity index (χ1) is 1.73. The van der Waals surface area contributed by atoms with Gasteiger partial charge in [0.15, 0.2) is 0 Å². The summed E-state index contributed by atoms with van der Waals surface area (Å²) < 4.78 is -0.132. The fourth-order valence-corrected chi connectivity index (χ4v) is 0. The minimum absolute atomic E-state index is 0.132. The third-order valence-corrected chi connectivity index (χ3v) is 0. The third-order valence-electron chi connectivity index (χ3n) is 0. The Morgan fingerprint density at radius 2 is 1.00 bits per heavy atom. The molecule has 4 heavy (non-hydrogen) atoms. The normalized spacial score (nSPS) is 9.00. The molecule has 0 aliphatic rings. The monoisotopic (exact) mass is 461 g/mol. The number of halogens is 3. The van der Waals surface area contributed by atoms with Crippen molar-refractivity contribution in [1.29, 1.82) is 0 Å². The van der Waals surface area contributed by atoms with Crippen molar-refractivity contribution in [2.45, 2.75) is 0 Å². The summed E-state index contributed by atoms with van der Waals surface area (Å²) >= 11 is 7.33. The van der Waals surface area contributed by atoms with Crippen LogP contribution in [0.15, 0.2) is 0 Å². The van der Waals surface area contributed by atoms with Crippen LogP contribution in [0.4, 0.5) is 0 Å². The van der Waals surface area contributed by atoms with E-state index in [-0.39, 0.29) is 4.15 Å². The molecule has 0 amide bonds. The van der Waals surface area contributed by atoms with E-state index < -0.39 is 0 Å². The maximum absolute atomic E-state index is 2.44. The molecule has 0 bridgehead atoms. The SMILES string of the molecule is I[Se](I)I. The van der Waals surface area contributed by atoms with E-state index in [1.54, 1.807) is 0 Å². The van der Waals surface area contributed by atoms with E-state index in [9.17, 15) is 0 Å². The van der Waals surface area contributed by atoms with Gasteiger partial charge in [-0.3, -0.25) is 0 Å². The van der Waals surface area contributed by atoms with Crippen LogP contribution in [0.2, 0.25) is 0 Å². The van der Waals surface area contributed by atoms with Gasteiger partial charge in [0.2, 0.25) is 0 Å². The molecule has 0 aliphatic carbocycles. The van der Waals surface area contributed by atoms with Crippen molar-refractivity contribution >= 4 is 65.2 Å². The van der Waals surface area contributed by atoms with Gasteiger partial charge < -0.3 is 0 Å². The van der Waals surface area contributed by atoms with E-state index in [4.69, 9.17) is 0 Å². The van der Waals surface area contributed by atoms with Crippen molar-refractivity contribution in [3.05, 3.63) is 0 Å². The fourth-order valence-electron chi connectivity index (χ4n) is 0. The van der Waals surface area contributed by atoms with Gasteiger partial charge in [0.05, 0.1) is 0 Å². The van der Waals surface area contributed by atoms with Crippen LogP contribution in [0.1, 0.15) is 0 Å². The van der Waals surface area contributed by atoms with Gasteiger partial charge in [0, 0.05) is 0 Å². The van der Waals surface area contributed by atoms with Crippen LogP contribution in [0.5, 0.6) is 0 Å². The molecule has 0 N–H and O–H groups in total.